The molecule has 0 spiro atoms. The maximum Gasteiger partial charge on any atom is 0.417 e. The van der Waals surface area contributed by atoms with Crippen LogP contribution < -0.4 is 0 Å². The van der Waals surface area contributed by atoms with Crippen molar-refractivity contribution in [2.24, 2.45) is 0 Å². The number of benzene rings is 2. The molecule has 0 saturated carbocycles. The Morgan fingerprint density at radius 3 is 2.22 bits per heavy atom. The number of sulfone groups is 1. The standard InChI is InChI=1S/C17H13ClF3N3O2S/c1-10-3-6-13(7-4-10)27(25,26)16-11(2)24(23-22-16)12-5-8-14(15(18)9-12)17(19,20)21/h3-9H,1-2H3. The van der Waals surface area contributed by atoms with Crippen LogP contribution in [-0.2, 0) is 16.0 Å². The Hall–Kier alpha value is -2.39. The molecule has 0 saturated heterocycles. The van der Waals surface area contributed by atoms with E-state index in [2.05, 4.69) is 10.3 Å². The van der Waals surface area contributed by atoms with Crippen molar-refractivity contribution in [3.63, 3.8) is 0 Å². The van der Waals surface area contributed by atoms with Crippen LogP contribution in [0.25, 0.3) is 5.69 Å². The molecule has 10 heteroatoms. The van der Waals surface area contributed by atoms with E-state index in [0.29, 0.717) is 0 Å². The molecule has 0 aliphatic heterocycles. The summed E-state index contributed by atoms with van der Waals surface area (Å²) in [5, 5.41) is 6.71. The molecule has 2 aromatic carbocycles. The van der Waals surface area contributed by atoms with E-state index in [0.717, 1.165) is 28.4 Å². The summed E-state index contributed by atoms with van der Waals surface area (Å²) in [6, 6.07) is 9.25. The van der Waals surface area contributed by atoms with Gasteiger partial charge in [-0.2, -0.15) is 13.2 Å². The van der Waals surface area contributed by atoms with Crippen molar-refractivity contribution in [1.82, 2.24) is 15.0 Å². The van der Waals surface area contributed by atoms with E-state index in [1.54, 1.807) is 12.1 Å². The molecule has 3 rings (SSSR count). The number of nitrogens with zero attached hydrogens (tertiary/aromatic N) is 3. The zero-order valence-corrected chi connectivity index (χ0v) is 15.7. The largest absolute Gasteiger partial charge is 0.417 e. The molecule has 3 aromatic rings. The highest BCUT2D eigenvalue weighted by Crippen LogP contribution is 2.35. The van der Waals surface area contributed by atoms with Crippen LogP contribution in [0.4, 0.5) is 13.2 Å². The Morgan fingerprint density at radius 1 is 1.04 bits per heavy atom. The Kier molecular flexibility index (Phi) is 4.77. The van der Waals surface area contributed by atoms with Crippen LogP contribution in [0.15, 0.2) is 52.4 Å². The van der Waals surface area contributed by atoms with E-state index in [9.17, 15) is 21.6 Å². The summed E-state index contributed by atoms with van der Waals surface area (Å²) in [7, 11) is -3.92. The minimum absolute atomic E-state index is 0.0497. The molecule has 0 N–H and O–H groups in total. The molecule has 0 radical (unpaired) electrons. The molecule has 1 aromatic heterocycles. The van der Waals surface area contributed by atoms with Crippen LogP contribution in [0.5, 0.6) is 0 Å². The molecule has 0 fully saturated rings. The predicted molar refractivity (Wildman–Crippen MR) is 92.7 cm³/mol. The number of hydrogen-bond donors (Lipinski definition) is 0. The molecule has 0 aliphatic rings. The van der Waals surface area contributed by atoms with E-state index >= 15 is 0 Å². The van der Waals surface area contributed by atoms with Gasteiger partial charge in [0.25, 0.3) is 0 Å². The first-order valence-corrected chi connectivity index (χ1v) is 9.49. The summed E-state index contributed by atoms with van der Waals surface area (Å²) >= 11 is 5.72. The van der Waals surface area contributed by atoms with Crippen LogP contribution in [0.2, 0.25) is 5.02 Å². The Balaban J connectivity index is 2.06. The first kappa shape index (κ1) is 19.4. The number of halogens is 4. The third-order valence-electron chi connectivity index (χ3n) is 3.94. The molecular formula is C17H13ClF3N3O2S. The lowest BCUT2D eigenvalue weighted by atomic mass is 10.2. The van der Waals surface area contributed by atoms with Crippen LogP contribution in [-0.4, -0.2) is 23.4 Å². The topological polar surface area (TPSA) is 64.8 Å². The predicted octanol–water partition coefficient (Wildman–Crippen LogP) is 4.39. The third kappa shape index (κ3) is 3.57. The van der Waals surface area contributed by atoms with E-state index < -0.39 is 26.6 Å². The number of hydrogen-bond acceptors (Lipinski definition) is 4. The van der Waals surface area contributed by atoms with Crippen molar-refractivity contribution in [2.75, 3.05) is 0 Å². The van der Waals surface area contributed by atoms with Gasteiger partial charge in [0.2, 0.25) is 14.9 Å². The van der Waals surface area contributed by atoms with Crippen LogP contribution in [0.1, 0.15) is 16.8 Å². The lowest BCUT2D eigenvalue weighted by Gasteiger charge is -2.11. The fraction of sp³-hybridized carbons (Fsp3) is 0.176. The van der Waals surface area contributed by atoms with E-state index in [1.165, 1.54) is 19.1 Å². The normalized spacial score (nSPS) is 12.4. The quantitative estimate of drug-likeness (QED) is 0.636. The maximum atomic E-state index is 12.8. The lowest BCUT2D eigenvalue weighted by Crippen LogP contribution is -2.08. The van der Waals surface area contributed by atoms with Crippen LogP contribution in [0.3, 0.4) is 0 Å². The van der Waals surface area contributed by atoms with Crippen molar-refractivity contribution in [1.29, 1.82) is 0 Å². The van der Waals surface area contributed by atoms with Gasteiger partial charge >= 0.3 is 6.18 Å². The van der Waals surface area contributed by atoms with Gasteiger partial charge < -0.3 is 0 Å². The molecular weight excluding hydrogens is 403 g/mol. The second kappa shape index (κ2) is 6.65. The van der Waals surface area contributed by atoms with Gasteiger partial charge in [-0.1, -0.05) is 34.5 Å². The van der Waals surface area contributed by atoms with Crippen molar-refractivity contribution in [3.05, 3.63) is 64.3 Å². The molecule has 0 amide bonds. The Bertz CT molecular complexity index is 1110. The molecule has 0 bridgehead atoms. The minimum Gasteiger partial charge on any atom is -0.217 e. The van der Waals surface area contributed by atoms with Gasteiger partial charge in [-0.3, -0.25) is 0 Å². The Labute approximate surface area is 158 Å². The van der Waals surface area contributed by atoms with Crippen molar-refractivity contribution in [2.45, 2.75) is 29.9 Å². The van der Waals surface area contributed by atoms with E-state index in [-0.39, 0.29) is 21.3 Å². The van der Waals surface area contributed by atoms with Crippen molar-refractivity contribution >= 4 is 21.4 Å². The molecule has 0 aliphatic carbocycles. The monoisotopic (exact) mass is 415 g/mol. The molecule has 142 valence electrons. The molecule has 0 atom stereocenters. The first-order valence-electron chi connectivity index (χ1n) is 7.63. The number of rotatable bonds is 3. The lowest BCUT2D eigenvalue weighted by molar-refractivity contribution is -0.137. The molecule has 1 heterocycles. The second-order valence-electron chi connectivity index (χ2n) is 5.87. The molecule has 27 heavy (non-hydrogen) atoms. The van der Waals surface area contributed by atoms with Gasteiger partial charge in [0.1, 0.15) is 0 Å². The highest BCUT2D eigenvalue weighted by Gasteiger charge is 2.33. The minimum atomic E-state index is -4.59. The summed E-state index contributed by atoms with van der Waals surface area (Å²) < 4.78 is 65.2. The zero-order valence-electron chi connectivity index (χ0n) is 14.1. The number of alkyl halides is 3. The summed E-state index contributed by atoms with van der Waals surface area (Å²) in [6.07, 6.45) is -4.59. The smallest absolute Gasteiger partial charge is 0.217 e. The third-order valence-corrected chi connectivity index (χ3v) is 6.03. The summed E-state index contributed by atoms with van der Waals surface area (Å²) in [4.78, 5) is 0.0497. The van der Waals surface area contributed by atoms with Gasteiger partial charge in [-0.05, 0) is 44.2 Å². The fourth-order valence-electron chi connectivity index (χ4n) is 2.50. The van der Waals surface area contributed by atoms with Gasteiger partial charge in [0, 0.05) is 0 Å². The summed E-state index contributed by atoms with van der Waals surface area (Å²) in [5.41, 5.74) is 0.238. The summed E-state index contributed by atoms with van der Waals surface area (Å²) in [6.45, 7) is 3.29. The Morgan fingerprint density at radius 2 is 1.67 bits per heavy atom. The molecule has 0 unspecified atom stereocenters. The van der Waals surface area contributed by atoms with Gasteiger partial charge in [0.15, 0.2) is 0 Å². The highest BCUT2D eigenvalue weighted by atomic mass is 35.5. The van der Waals surface area contributed by atoms with Gasteiger partial charge in [-0.25, -0.2) is 13.1 Å². The van der Waals surface area contributed by atoms with Crippen LogP contribution >= 0.6 is 11.6 Å². The highest BCUT2D eigenvalue weighted by molar-refractivity contribution is 7.91. The van der Waals surface area contributed by atoms with Crippen LogP contribution in [0, 0.1) is 13.8 Å². The summed E-state index contributed by atoms with van der Waals surface area (Å²) in [5.74, 6) is 0. The van der Waals surface area contributed by atoms with E-state index in [1.807, 2.05) is 6.92 Å². The first-order chi connectivity index (χ1) is 12.5. The fourth-order valence-corrected chi connectivity index (χ4v) is 4.12. The SMILES string of the molecule is Cc1ccc(S(=O)(=O)c2nnn(-c3ccc(C(F)(F)F)c(Cl)c3)c2C)cc1. The second-order valence-corrected chi connectivity index (χ2v) is 8.14. The number of aryl methyl sites for hydroxylation is 1. The number of aromatic nitrogens is 3. The van der Waals surface area contributed by atoms with Crippen molar-refractivity contribution in [3.8, 4) is 5.69 Å². The van der Waals surface area contributed by atoms with Gasteiger partial charge in [-0.15, -0.1) is 5.10 Å². The zero-order chi connectivity index (χ0) is 20.0. The van der Waals surface area contributed by atoms with Crippen molar-refractivity contribution < 1.29 is 21.6 Å². The average molecular weight is 416 g/mol. The average Bonchev–Trinajstić information content (AvgIpc) is 2.96. The molecule has 5 nitrogen and oxygen atoms in total. The van der Waals surface area contributed by atoms with Gasteiger partial charge in [0.05, 0.1) is 26.9 Å². The van der Waals surface area contributed by atoms with E-state index in [4.69, 9.17) is 11.6 Å². The maximum absolute atomic E-state index is 12.8.